The number of phenolic OH excluding ortho intramolecular Hbond substituents is 1. The summed E-state index contributed by atoms with van der Waals surface area (Å²) < 4.78 is 0. The molecule has 19 heteroatoms. The highest BCUT2D eigenvalue weighted by molar-refractivity contribution is 5.97. The van der Waals surface area contributed by atoms with Gasteiger partial charge < -0.3 is 63.8 Å². The van der Waals surface area contributed by atoms with Gasteiger partial charge in [0, 0.05) is 12.8 Å². The van der Waals surface area contributed by atoms with Gasteiger partial charge in [-0.15, -0.1) is 0 Å². The molecule has 0 radical (unpaired) electrons. The number of aromatic hydroxyl groups is 1. The van der Waals surface area contributed by atoms with Crippen LogP contribution in [0.4, 0.5) is 0 Å². The van der Waals surface area contributed by atoms with Crippen LogP contribution in [0.2, 0.25) is 0 Å². The summed E-state index contributed by atoms with van der Waals surface area (Å²) in [6, 6.07) is 13.5. The Morgan fingerprint density at radius 2 is 0.952 bits per heavy atom. The molecule has 342 valence electrons. The number of amides is 6. The zero-order valence-electron chi connectivity index (χ0n) is 35.5. The molecule has 0 fully saturated rings. The van der Waals surface area contributed by atoms with E-state index >= 15 is 0 Å². The Balaban J connectivity index is 1.79. The predicted molar refractivity (Wildman–Crippen MR) is 231 cm³/mol. The van der Waals surface area contributed by atoms with Crippen LogP contribution >= 0.6 is 0 Å². The lowest BCUT2D eigenvalue weighted by molar-refractivity contribution is -0.142. The summed E-state index contributed by atoms with van der Waals surface area (Å²) in [7, 11) is 0. The van der Waals surface area contributed by atoms with Crippen molar-refractivity contribution in [2.24, 2.45) is 11.5 Å². The highest BCUT2D eigenvalue weighted by atomic mass is 16.4. The minimum atomic E-state index is -1.75. The molecule has 0 bridgehead atoms. The number of rotatable bonds is 25. The second-order valence-corrected chi connectivity index (χ2v) is 15.3. The first-order valence-corrected chi connectivity index (χ1v) is 20.6. The second-order valence-electron chi connectivity index (χ2n) is 15.3. The molecule has 0 aliphatic carbocycles. The molecule has 3 rings (SSSR count). The van der Waals surface area contributed by atoms with Gasteiger partial charge in [-0.25, -0.2) is 4.79 Å². The lowest BCUT2D eigenvalue weighted by Gasteiger charge is -2.29. The second kappa shape index (κ2) is 25.5. The largest absolute Gasteiger partial charge is 0.508 e. The van der Waals surface area contributed by atoms with Crippen molar-refractivity contribution in [2.45, 2.75) is 114 Å². The zero-order valence-corrected chi connectivity index (χ0v) is 35.5. The van der Waals surface area contributed by atoms with Crippen molar-refractivity contribution in [1.82, 2.24) is 31.9 Å². The average molecular weight is 877 g/mol. The molecule has 9 atom stereocenters. The molecule has 0 spiro atoms. The smallest absolute Gasteiger partial charge is 0.326 e. The van der Waals surface area contributed by atoms with E-state index in [1.54, 1.807) is 72.8 Å². The van der Waals surface area contributed by atoms with Crippen LogP contribution in [0.3, 0.4) is 0 Å². The fraction of sp³-hybridized carbons (Fsp3) is 0.432. The van der Waals surface area contributed by atoms with Gasteiger partial charge in [-0.1, -0.05) is 72.8 Å². The number of phenols is 1. The van der Waals surface area contributed by atoms with Crippen LogP contribution in [-0.4, -0.2) is 123 Å². The Hall–Kier alpha value is -6.41. The lowest BCUT2D eigenvalue weighted by atomic mass is 10.0. The SMILES string of the molecule is C[C@H](NC(=O)[C@@H](N)Cc1ccc(O)cc1)C(=O)N[C@H](C(=O)N[C@H](C(=O)N[C@@H](Cc1ccccc1)C(=O)N[C@@H](Cc1ccccc1)C(=O)N[C@@H](CCCCN)C(=O)O)[C@@H](C)O)[C@@H](C)O. The number of benzene rings is 3. The third-order valence-corrected chi connectivity index (χ3v) is 10.00. The normalized spacial score (nSPS) is 15.3. The Labute approximate surface area is 365 Å². The van der Waals surface area contributed by atoms with Crippen molar-refractivity contribution in [3.05, 3.63) is 102 Å². The highest BCUT2D eigenvalue weighted by Crippen LogP contribution is 2.12. The Morgan fingerprint density at radius 1 is 0.524 bits per heavy atom. The first-order chi connectivity index (χ1) is 29.9. The predicted octanol–water partition coefficient (Wildman–Crippen LogP) is -1.35. The number of carbonyl (C=O) groups excluding carboxylic acids is 6. The molecule has 63 heavy (non-hydrogen) atoms. The van der Waals surface area contributed by atoms with E-state index in [4.69, 9.17) is 11.5 Å². The molecule has 0 aliphatic heterocycles. The van der Waals surface area contributed by atoms with E-state index in [2.05, 4.69) is 31.9 Å². The zero-order chi connectivity index (χ0) is 46.6. The van der Waals surface area contributed by atoms with Crippen LogP contribution in [0.25, 0.3) is 0 Å². The molecule has 6 amide bonds. The molecule has 3 aromatic carbocycles. The van der Waals surface area contributed by atoms with Crippen LogP contribution in [0.1, 0.15) is 56.7 Å². The molecule has 0 unspecified atom stereocenters. The molecule has 0 aromatic heterocycles. The third kappa shape index (κ3) is 17.1. The third-order valence-electron chi connectivity index (χ3n) is 10.00. The van der Waals surface area contributed by atoms with Gasteiger partial charge in [-0.05, 0) is 81.8 Å². The minimum absolute atomic E-state index is 0.0324. The summed E-state index contributed by atoms with van der Waals surface area (Å²) in [5, 5.41) is 55.4. The van der Waals surface area contributed by atoms with E-state index in [0.717, 1.165) is 0 Å². The molecular weight excluding hydrogens is 817 g/mol. The van der Waals surface area contributed by atoms with Crippen molar-refractivity contribution in [3.8, 4) is 5.75 Å². The summed E-state index contributed by atoms with van der Waals surface area (Å²) in [5.41, 5.74) is 13.5. The fourth-order valence-corrected chi connectivity index (χ4v) is 6.37. The Morgan fingerprint density at radius 3 is 1.41 bits per heavy atom. The summed E-state index contributed by atoms with van der Waals surface area (Å²) >= 11 is 0. The summed E-state index contributed by atoms with van der Waals surface area (Å²) in [6.45, 7) is 4.04. The van der Waals surface area contributed by atoms with Gasteiger partial charge >= 0.3 is 5.97 Å². The number of carboxylic acids is 1. The van der Waals surface area contributed by atoms with Crippen molar-refractivity contribution >= 4 is 41.4 Å². The molecule has 14 N–H and O–H groups in total. The maximum Gasteiger partial charge on any atom is 0.326 e. The fourth-order valence-electron chi connectivity index (χ4n) is 6.37. The highest BCUT2D eigenvalue weighted by Gasteiger charge is 2.36. The van der Waals surface area contributed by atoms with Crippen molar-refractivity contribution in [1.29, 1.82) is 0 Å². The summed E-state index contributed by atoms with van der Waals surface area (Å²) in [6.07, 6.45) is -2.16. The molecule has 0 aliphatic rings. The van der Waals surface area contributed by atoms with Gasteiger partial charge in [-0.2, -0.15) is 0 Å². The minimum Gasteiger partial charge on any atom is -0.508 e. The number of carbonyl (C=O) groups is 7. The van der Waals surface area contributed by atoms with E-state index in [9.17, 15) is 54.0 Å². The van der Waals surface area contributed by atoms with Crippen LogP contribution < -0.4 is 43.4 Å². The van der Waals surface area contributed by atoms with Crippen molar-refractivity contribution < 1.29 is 54.0 Å². The first-order valence-electron chi connectivity index (χ1n) is 20.6. The summed E-state index contributed by atoms with van der Waals surface area (Å²) in [5.74, 6) is -6.59. The van der Waals surface area contributed by atoms with E-state index < -0.39 is 95.9 Å². The van der Waals surface area contributed by atoms with Crippen LogP contribution in [0.15, 0.2) is 84.9 Å². The standard InChI is InChI=1S/C44H60N8O11/c1-25(47-39(57)32(46)22-30-17-19-31(55)20-18-30)38(56)51-37(27(3)54)43(61)52-36(26(2)53)42(60)50-35(24-29-14-8-5-9-15-29)41(59)49-34(23-28-12-6-4-7-13-28)40(58)48-33(44(62)63)16-10-11-21-45/h4-9,12-15,17-20,25-27,32-37,53-55H,10-11,16,21-24,45-46H2,1-3H3,(H,47,57)(H,48,58)(H,49,59)(H,50,60)(H,51,56)(H,52,61)(H,62,63)/t25-,26+,27+,32-,33-,34-,35-,36-,37-/m0/s1. The van der Waals surface area contributed by atoms with Gasteiger partial charge in [0.1, 0.15) is 42.0 Å². The van der Waals surface area contributed by atoms with E-state index in [-0.39, 0.29) is 31.4 Å². The first kappa shape index (κ1) is 50.9. The van der Waals surface area contributed by atoms with Crippen LogP contribution in [-0.2, 0) is 52.8 Å². The van der Waals surface area contributed by atoms with Crippen molar-refractivity contribution in [3.63, 3.8) is 0 Å². The van der Waals surface area contributed by atoms with E-state index in [1.165, 1.54) is 32.9 Å². The Kier molecular flexibility index (Phi) is 20.6. The number of unbranched alkanes of at least 4 members (excludes halogenated alkanes) is 1. The van der Waals surface area contributed by atoms with Gasteiger partial charge in [0.15, 0.2) is 0 Å². The monoisotopic (exact) mass is 876 g/mol. The maximum atomic E-state index is 14.1. The van der Waals surface area contributed by atoms with Crippen molar-refractivity contribution in [2.75, 3.05) is 6.54 Å². The summed E-state index contributed by atoms with van der Waals surface area (Å²) in [4.78, 5) is 93.2. The molecule has 3 aromatic rings. The number of hydrogen-bond acceptors (Lipinski definition) is 12. The average Bonchev–Trinajstić information content (AvgIpc) is 3.24. The number of hydrogen-bond donors (Lipinski definition) is 12. The molecule has 19 nitrogen and oxygen atoms in total. The maximum absolute atomic E-state index is 14.1. The number of nitrogens with one attached hydrogen (secondary N) is 6. The molecule has 0 saturated heterocycles. The van der Waals surface area contributed by atoms with Gasteiger partial charge in [-0.3, -0.25) is 28.8 Å². The van der Waals surface area contributed by atoms with Gasteiger partial charge in [0.05, 0.1) is 18.2 Å². The number of nitrogens with two attached hydrogens (primary N) is 2. The molecule has 0 saturated carbocycles. The topological polar surface area (TPSA) is 325 Å². The van der Waals surface area contributed by atoms with E-state index in [1.807, 2.05) is 0 Å². The van der Waals surface area contributed by atoms with E-state index in [0.29, 0.717) is 36.1 Å². The van der Waals surface area contributed by atoms with Crippen LogP contribution in [0.5, 0.6) is 5.75 Å². The number of aliphatic hydroxyl groups excluding tert-OH is 2. The Bertz CT molecular complexity index is 1970. The number of carboxylic acid groups (broad SMARTS) is 1. The number of aliphatic hydroxyl groups is 2. The van der Waals surface area contributed by atoms with Gasteiger partial charge in [0.2, 0.25) is 35.4 Å². The lowest BCUT2D eigenvalue weighted by Crippen LogP contribution is -2.63. The van der Waals surface area contributed by atoms with Crippen LogP contribution in [0, 0.1) is 0 Å². The van der Waals surface area contributed by atoms with Gasteiger partial charge in [0.25, 0.3) is 0 Å². The molecule has 0 heterocycles. The quantitative estimate of drug-likeness (QED) is 0.0439. The molecular formula is C44H60N8O11. The number of aliphatic carboxylic acids is 1.